The molecule has 1 aromatic heterocycles. The van der Waals surface area contributed by atoms with Gasteiger partial charge in [-0.1, -0.05) is 12.1 Å². The molecule has 0 atom stereocenters. The fraction of sp³-hybridized carbons (Fsp3) is 0.250. The van der Waals surface area contributed by atoms with Crippen LogP contribution in [-0.4, -0.2) is 29.1 Å². The Morgan fingerprint density at radius 1 is 1.21 bits per heavy atom. The number of hydrogen-bond donors (Lipinski definition) is 1. The molecule has 2 aromatic rings. The summed E-state index contributed by atoms with van der Waals surface area (Å²) in [5, 5.41) is 0. The number of methoxy groups -OCH3 is 1. The van der Waals surface area contributed by atoms with Crippen LogP contribution in [0.2, 0.25) is 0 Å². The monoisotopic (exact) mass is 263 g/mol. The molecular formula is C12H14FN5O. The quantitative estimate of drug-likeness (QED) is 0.894. The molecule has 0 spiro atoms. The Balaban J connectivity index is 2.17. The minimum Gasteiger partial charge on any atom is -0.467 e. The summed E-state index contributed by atoms with van der Waals surface area (Å²) in [6.07, 6.45) is 0. The first-order valence-electron chi connectivity index (χ1n) is 5.59. The maximum atomic E-state index is 12.8. The van der Waals surface area contributed by atoms with Crippen molar-refractivity contribution in [3.05, 3.63) is 35.6 Å². The molecule has 2 rings (SSSR count). The van der Waals surface area contributed by atoms with Crippen molar-refractivity contribution in [1.82, 2.24) is 15.0 Å². The van der Waals surface area contributed by atoms with Crippen molar-refractivity contribution in [2.45, 2.75) is 6.54 Å². The van der Waals surface area contributed by atoms with E-state index in [0.29, 0.717) is 12.5 Å². The molecule has 0 aliphatic carbocycles. The number of anilines is 2. The predicted octanol–water partition coefficient (Wildman–Crippen LogP) is 1.24. The number of ether oxygens (including phenoxy) is 1. The second-order valence-corrected chi connectivity index (χ2v) is 3.96. The lowest BCUT2D eigenvalue weighted by Gasteiger charge is -2.17. The van der Waals surface area contributed by atoms with Crippen molar-refractivity contribution in [2.24, 2.45) is 0 Å². The van der Waals surface area contributed by atoms with Crippen LogP contribution in [0.4, 0.5) is 16.3 Å². The van der Waals surface area contributed by atoms with E-state index in [9.17, 15) is 4.39 Å². The molecule has 0 saturated heterocycles. The summed E-state index contributed by atoms with van der Waals surface area (Å²) in [5.74, 6) is 0.221. The van der Waals surface area contributed by atoms with Crippen LogP contribution in [0.5, 0.6) is 6.01 Å². The standard InChI is InChI=1S/C12H14FN5O/c1-18(7-8-3-5-9(13)6-4-8)11-15-10(14)16-12(17-11)19-2/h3-6H,7H2,1-2H3,(H2,14,15,16,17). The van der Waals surface area contributed by atoms with Gasteiger partial charge >= 0.3 is 6.01 Å². The van der Waals surface area contributed by atoms with Crippen LogP contribution in [-0.2, 0) is 6.54 Å². The number of aromatic nitrogens is 3. The molecule has 0 fully saturated rings. The highest BCUT2D eigenvalue weighted by molar-refractivity contribution is 5.36. The summed E-state index contributed by atoms with van der Waals surface area (Å²) in [6, 6.07) is 6.38. The van der Waals surface area contributed by atoms with Crippen molar-refractivity contribution in [3.63, 3.8) is 0 Å². The molecule has 0 aliphatic heterocycles. The summed E-state index contributed by atoms with van der Waals surface area (Å²) in [4.78, 5) is 13.7. The minimum atomic E-state index is -0.266. The van der Waals surface area contributed by atoms with Gasteiger partial charge in [-0.05, 0) is 17.7 Å². The fourth-order valence-electron chi connectivity index (χ4n) is 1.56. The van der Waals surface area contributed by atoms with E-state index in [1.807, 2.05) is 0 Å². The van der Waals surface area contributed by atoms with Crippen LogP contribution in [0, 0.1) is 5.82 Å². The number of halogens is 1. The van der Waals surface area contributed by atoms with Gasteiger partial charge in [-0.15, -0.1) is 0 Å². The van der Waals surface area contributed by atoms with Crippen molar-refractivity contribution < 1.29 is 9.13 Å². The van der Waals surface area contributed by atoms with Gasteiger partial charge < -0.3 is 15.4 Å². The molecule has 1 aromatic carbocycles. The van der Waals surface area contributed by atoms with Gasteiger partial charge in [0.15, 0.2) is 0 Å². The van der Waals surface area contributed by atoms with Gasteiger partial charge in [0.05, 0.1) is 7.11 Å². The van der Waals surface area contributed by atoms with Crippen LogP contribution in [0.25, 0.3) is 0 Å². The Labute approximate surface area is 110 Å². The van der Waals surface area contributed by atoms with Gasteiger partial charge in [-0.25, -0.2) is 4.39 Å². The molecule has 19 heavy (non-hydrogen) atoms. The zero-order valence-electron chi connectivity index (χ0n) is 10.7. The molecule has 6 nitrogen and oxygen atoms in total. The largest absolute Gasteiger partial charge is 0.467 e. The Kier molecular flexibility index (Phi) is 3.74. The first-order valence-corrected chi connectivity index (χ1v) is 5.59. The molecular weight excluding hydrogens is 249 g/mol. The van der Waals surface area contributed by atoms with Gasteiger partial charge in [0, 0.05) is 13.6 Å². The molecule has 100 valence electrons. The highest BCUT2D eigenvalue weighted by Gasteiger charge is 2.09. The third-order valence-electron chi connectivity index (χ3n) is 2.48. The van der Waals surface area contributed by atoms with Crippen molar-refractivity contribution >= 4 is 11.9 Å². The highest BCUT2D eigenvalue weighted by atomic mass is 19.1. The van der Waals surface area contributed by atoms with E-state index in [1.54, 1.807) is 24.1 Å². The summed E-state index contributed by atoms with van der Waals surface area (Å²) in [7, 11) is 3.26. The third-order valence-corrected chi connectivity index (χ3v) is 2.48. The number of hydrogen-bond acceptors (Lipinski definition) is 6. The Morgan fingerprint density at radius 3 is 2.53 bits per heavy atom. The first-order chi connectivity index (χ1) is 9.08. The summed E-state index contributed by atoms with van der Waals surface area (Å²) in [5.41, 5.74) is 6.50. The summed E-state index contributed by atoms with van der Waals surface area (Å²) in [6.45, 7) is 0.521. The number of nitrogen functional groups attached to an aromatic ring is 1. The van der Waals surface area contributed by atoms with E-state index >= 15 is 0 Å². The number of nitrogens with two attached hydrogens (primary N) is 1. The number of rotatable bonds is 4. The van der Waals surface area contributed by atoms with Crippen LogP contribution in [0.1, 0.15) is 5.56 Å². The molecule has 0 bridgehead atoms. The van der Waals surface area contributed by atoms with E-state index in [4.69, 9.17) is 10.5 Å². The maximum Gasteiger partial charge on any atom is 0.322 e. The smallest absolute Gasteiger partial charge is 0.322 e. The van der Waals surface area contributed by atoms with Crippen molar-refractivity contribution in [3.8, 4) is 6.01 Å². The highest BCUT2D eigenvalue weighted by Crippen LogP contribution is 2.14. The zero-order valence-corrected chi connectivity index (χ0v) is 10.7. The lowest BCUT2D eigenvalue weighted by molar-refractivity contribution is 0.379. The fourth-order valence-corrected chi connectivity index (χ4v) is 1.56. The van der Waals surface area contributed by atoms with Crippen LogP contribution >= 0.6 is 0 Å². The molecule has 0 aliphatic rings. The second-order valence-electron chi connectivity index (χ2n) is 3.96. The summed E-state index contributed by atoms with van der Waals surface area (Å²) >= 11 is 0. The van der Waals surface area contributed by atoms with Gasteiger partial charge in [0.1, 0.15) is 5.82 Å². The predicted molar refractivity (Wildman–Crippen MR) is 69.3 cm³/mol. The molecule has 2 N–H and O–H groups in total. The van der Waals surface area contributed by atoms with E-state index < -0.39 is 0 Å². The Hall–Kier alpha value is -2.44. The van der Waals surface area contributed by atoms with Crippen molar-refractivity contribution in [2.75, 3.05) is 24.8 Å². The molecule has 0 amide bonds. The maximum absolute atomic E-state index is 12.8. The molecule has 0 radical (unpaired) electrons. The van der Waals surface area contributed by atoms with Gasteiger partial charge in [-0.2, -0.15) is 15.0 Å². The average Bonchev–Trinajstić information content (AvgIpc) is 2.40. The lowest BCUT2D eigenvalue weighted by Crippen LogP contribution is -2.20. The van der Waals surface area contributed by atoms with Crippen molar-refractivity contribution in [1.29, 1.82) is 0 Å². The van der Waals surface area contributed by atoms with Gasteiger partial charge in [-0.3, -0.25) is 0 Å². The van der Waals surface area contributed by atoms with Gasteiger partial charge in [0.2, 0.25) is 11.9 Å². The SMILES string of the molecule is COc1nc(N)nc(N(C)Cc2ccc(F)cc2)n1. The molecule has 1 heterocycles. The van der Waals surface area contributed by atoms with Gasteiger partial charge in [0.25, 0.3) is 0 Å². The number of nitrogens with zero attached hydrogens (tertiary/aromatic N) is 4. The Bertz CT molecular complexity index is 561. The molecule has 0 unspecified atom stereocenters. The third kappa shape index (κ3) is 3.27. The van der Waals surface area contributed by atoms with E-state index in [-0.39, 0.29) is 17.8 Å². The number of benzene rings is 1. The minimum absolute atomic E-state index is 0.0906. The topological polar surface area (TPSA) is 77.2 Å². The van der Waals surface area contributed by atoms with E-state index in [0.717, 1.165) is 5.56 Å². The summed E-state index contributed by atoms with van der Waals surface area (Å²) < 4.78 is 17.8. The molecule has 7 heteroatoms. The second kappa shape index (κ2) is 5.47. The van der Waals surface area contributed by atoms with E-state index in [1.165, 1.54) is 19.2 Å². The van der Waals surface area contributed by atoms with Crippen LogP contribution < -0.4 is 15.4 Å². The van der Waals surface area contributed by atoms with E-state index in [2.05, 4.69) is 15.0 Å². The molecule has 0 saturated carbocycles. The lowest BCUT2D eigenvalue weighted by atomic mass is 10.2. The first kappa shape index (κ1) is 13.0. The van der Waals surface area contributed by atoms with Crippen LogP contribution in [0.3, 0.4) is 0 Å². The average molecular weight is 263 g/mol. The normalized spacial score (nSPS) is 10.3. The zero-order chi connectivity index (χ0) is 13.8. The van der Waals surface area contributed by atoms with Crippen LogP contribution in [0.15, 0.2) is 24.3 Å². The Morgan fingerprint density at radius 2 is 1.89 bits per heavy atom.